The summed E-state index contributed by atoms with van der Waals surface area (Å²) < 4.78 is 7.62. The number of fused-ring (bicyclic) bond motifs is 1. The standard InChI is InChI=1S/C28H32N6O4/c1-4-33(28(36)37)19-13-15-32(16-14-19)21-11-12-22(23(17-21)38-5-2)26-29-24-18(3)31-34(25(24)27(35)30-26)20-9-7-6-8-10-20/h6-12,17,19H,4-5,13-16H2,1-3H3,(H,36,37)(H,29,30,35). The zero-order valence-electron chi connectivity index (χ0n) is 21.8. The summed E-state index contributed by atoms with van der Waals surface area (Å²) in [6, 6.07) is 15.4. The molecule has 4 aromatic rings. The van der Waals surface area contributed by atoms with Gasteiger partial charge in [-0.1, -0.05) is 18.2 Å². The fourth-order valence-corrected chi connectivity index (χ4v) is 5.21. The summed E-state index contributed by atoms with van der Waals surface area (Å²) in [5, 5.41) is 14.0. The Morgan fingerprint density at radius 2 is 1.87 bits per heavy atom. The number of carbonyl (C=O) groups is 1. The second kappa shape index (κ2) is 10.6. The number of aromatic amines is 1. The van der Waals surface area contributed by atoms with Gasteiger partial charge in [-0.2, -0.15) is 5.10 Å². The number of hydrogen-bond donors (Lipinski definition) is 2. The van der Waals surface area contributed by atoms with Crippen LogP contribution in [-0.2, 0) is 0 Å². The Labute approximate surface area is 220 Å². The van der Waals surface area contributed by atoms with Crippen molar-refractivity contribution in [1.82, 2.24) is 24.6 Å². The van der Waals surface area contributed by atoms with Crippen LogP contribution in [0.2, 0.25) is 0 Å². The van der Waals surface area contributed by atoms with E-state index < -0.39 is 6.09 Å². The molecule has 38 heavy (non-hydrogen) atoms. The third-order valence-corrected chi connectivity index (χ3v) is 7.08. The zero-order chi connectivity index (χ0) is 26.8. The Kier molecular flexibility index (Phi) is 7.04. The molecule has 0 bridgehead atoms. The molecule has 198 valence electrons. The average molecular weight is 517 g/mol. The number of nitrogens with one attached hydrogen (secondary N) is 1. The van der Waals surface area contributed by atoms with Gasteiger partial charge in [-0.3, -0.25) is 4.79 Å². The summed E-state index contributed by atoms with van der Waals surface area (Å²) in [6.07, 6.45) is 0.668. The van der Waals surface area contributed by atoms with Gasteiger partial charge >= 0.3 is 6.09 Å². The Hall–Kier alpha value is -4.34. The lowest BCUT2D eigenvalue weighted by Gasteiger charge is -2.38. The molecule has 0 atom stereocenters. The number of aryl methyl sites for hydroxylation is 1. The van der Waals surface area contributed by atoms with E-state index in [1.165, 1.54) is 4.90 Å². The highest BCUT2D eigenvalue weighted by molar-refractivity contribution is 5.81. The van der Waals surface area contributed by atoms with Gasteiger partial charge in [0.25, 0.3) is 5.56 Å². The molecule has 2 N–H and O–H groups in total. The molecule has 1 saturated heterocycles. The Bertz CT molecular complexity index is 1510. The molecular formula is C28H32N6O4. The quantitative estimate of drug-likeness (QED) is 0.373. The summed E-state index contributed by atoms with van der Waals surface area (Å²) in [5.41, 5.74) is 3.81. The molecular weight excluding hydrogens is 484 g/mol. The summed E-state index contributed by atoms with van der Waals surface area (Å²) >= 11 is 0. The number of hydrogen-bond acceptors (Lipinski definition) is 6. The maximum Gasteiger partial charge on any atom is 0.407 e. The maximum absolute atomic E-state index is 13.3. The first-order valence-electron chi connectivity index (χ1n) is 13.0. The van der Waals surface area contributed by atoms with E-state index in [0.717, 1.165) is 37.3 Å². The third-order valence-electron chi connectivity index (χ3n) is 7.08. The number of benzene rings is 2. The number of piperidine rings is 1. The number of H-pyrrole nitrogens is 1. The van der Waals surface area contributed by atoms with Crippen molar-refractivity contribution in [3.05, 3.63) is 64.6 Å². The SMILES string of the molecule is CCOc1cc(N2CCC(N(CC)C(=O)O)CC2)ccc1-c1nc2c(C)nn(-c3ccccc3)c2c(=O)[nH]1. The largest absolute Gasteiger partial charge is 0.493 e. The van der Waals surface area contributed by atoms with Crippen LogP contribution >= 0.6 is 0 Å². The van der Waals surface area contributed by atoms with Gasteiger partial charge in [0.15, 0.2) is 5.52 Å². The van der Waals surface area contributed by atoms with E-state index in [2.05, 4.69) is 15.0 Å². The summed E-state index contributed by atoms with van der Waals surface area (Å²) in [7, 11) is 0. The molecule has 1 fully saturated rings. The maximum atomic E-state index is 13.3. The normalized spacial score (nSPS) is 14.1. The zero-order valence-corrected chi connectivity index (χ0v) is 21.8. The van der Waals surface area contributed by atoms with Crippen LogP contribution in [0, 0.1) is 6.92 Å². The van der Waals surface area contributed by atoms with Crippen LogP contribution in [0.1, 0.15) is 32.4 Å². The molecule has 10 heteroatoms. The fourth-order valence-electron chi connectivity index (χ4n) is 5.21. The minimum absolute atomic E-state index is 0.0282. The van der Waals surface area contributed by atoms with Gasteiger partial charge in [0.2, 0.25) is 0 Å². The summed E-state index contributed by atoms with van der Waals surface area (Å²) in [4.78, 5) is 36.3. The predicted octanol–water partition coefficient (Wildman–Crippen LogP) is 4.45. The molecule has 2 aromatic heterocycles. The van der Waals surface area contributed by atoms with Crippen LogP contribution in [-0.4, -0.2) is 68.1 Å². The van der Waals surface area contributed by atoms with Crippen molar-refractivity contribution in [2.75, 3.05) is 31.1 Å². The van der Waals surface area contributed by atoms with E-state index in [1.807, 2.05) is 69.3 Å². The second-order valence-corrected chi connectivity index (χ2v) is 9.34. The lowest BCUT2D eigenvalue weighted by Crippen LogP contribution is -2.47. The topological polar surface area (TPSA) is 117 Å². The first kappa shape index (κ1) is 25.3. The van der Waals surface area contributed by atoms with Crippen molar-refractivity contribution < 1.29 is 14.6 Å². The number of anilines is 1. The van der Waals surface area contributed by atoms with Gasteiger partial charge in [-0.15, -0.1) is 0 Å². The molecule has 2 aromatic carbocycles. The smallest absolute Gasteiger partial charge is 0.407 e. The van der Waals surface area contributed by atoms with Gasteiger partial charge in [0.05, 0.1) is 23.6 Å². The van der Waals surface area contributed by atoms with Crippen LogP contribution in [0.25, 0.3) is 28.1 Å². The average Bonchev–Trinajstić information content (AvgIpc) is 3.27. The minimum Gasteiger partial charge on any atom is -0.493 e. The van der Waals surface area contributed by atoms with Crippen molar-refractivity contribution >= 4 is 22.8 Å². The van der Waals surface area contributed by atoms with E-state index in [1.54, 1.807) is 4.68 Å². The summed E-state index contributed by atoms with van der Waals surface area (Å²) in [5.74, 6) is 1.05. The highest BCUT2D eigenvalue weighted by Gasteiger charge is 2.27. The molecule has 0 spiro atoms. The van der Waals surface area contributed by atoms with Crippen molar-refractivity contribution in [2.24, 2.45) is 0 Å². The van der Waals surface area contributed by atoms with Crippen LogP contribution in [0.4, 0.5) is 10.5 Å². The number of ether oxygens (including phenoxy) is 1. The van der Waals surface area contributed by atoms with Crippen molar-refractivity contribution in [3.63, 3.8) is 0 Å². The van der Waals surface area contributed by atoms with E-state index >= 15 is 0 Å². The van der Waals surface area contributed by atoms with E-state index in [0.29, 0.717) is 47.0 Å². The summed E-state index contributed by atoms with van der Waals surface area (Å²) in [6.45, 7) is 8.08. The predicted molar refractivity (Wildman–Crippen MR) is 146 cm³/mol. The number of rotatable bonds is 7. The second-order valence-electron chi connectivity index (χ2n) is 9.34. The molecule has 5 rings (SSSR count). The fraction of sp³-hybridized carbons (Fsp3) is 0.357. The van der Waals surface area contributed by atoms with Crippen LogP contribution < -0.4 is 15.2 Å². The lowest BCUT2D eigenvalue weighted by atomic mass is 10.0. The Balaban J connectivity index is 1.47. The molecule has 3 heterocycles. The van der Waals surface area contributed by atoms with Crippen molar-refractivity contribution in [3.8, 4) is 22.8 Å². The van der Waals surface area contributed by atoms with Crippen molar-refractivity contribution in [1.29, 1.82) is 0 Å². The highest BCUT2D eigenvalue weighted by atomic mass is 16.5. The lowest BCUT2D eigenvalue weighted by molar-refractivity contribution is 0.119. The monoisotopic (exact) mass is 516 g/mol. The molecule has 1 aliphatic heterocycles. The number of aromatic nitrogens is 4. The highest BCUT2D eigenvalue weighted by Crippen LogP contribution is 2.34. The number of amides is 1. The molecule has 0 saturated carbocycles. The van der Waals surface area contributed by atoms with E-state index in [9.17, 15) is 14.7 Å². The van der Waals surface area contributed by atoms with Crippen LogP contribution in [0.5, 0.6) is 5.75 Å². The van der Waals surface area contributed by atoms with Gasteiger partial charge in [0, 0.05) is 37.4 Å². The van der Waals surface area contributed by atoms with Crippen LogP contribution in [0.15, 0.2) is 53.3 Å². The van der Waals surface area contributed by atoms with Crippen LogP contribution in [0.3, 0.4) is 0 Å². The Morgan fingerprint density at radius 1 is 1.13 bits per heavy atom. The minimum atomic E-state index is -0.864. The molecule has 0 unspecified atom stereocenters. The molecule has 10 nitrogen and oxygen atoms in total. The third kappa shape index (κ3) is 4.69. The van der Waals surface area contributed by atoms with Crippen molar-refractivity contribution in [2.45, 2.75) is 39.7 Å². The first-order chi connectivity index (χ1) is 18.4. The number of para-hydroxylation sites is 1. The number of carboxylic acid groups (broad SMARTS) is 1. The number of nitrogens with zero attached hydrogens (tertiary/aromatic N) is 5. The van der Waals surface area contributed by atoms with Gasteiger partial charge in [0.1, 0.15) is 17.1 Å². The molecule has 0 aliphatic carbocycles. The van der Waals surface area contributed by atoms with Gasteiger partial charge in [-0.25, -0.2) is 14.5 Å². The van der Waals surface area contributed by atoms with E-state index in [-0.39, 0.29) is 11.6 Å². The first-order valence-corrected chi connectivity index (χ1v) is 13.0. The molecule has 0 radical (unpaired) electrons. The van der Waals surface area contributed by atoms with Gasteiger partial charge in [-0.05, 0) is 57.9 Å². The Morgan fingerprint density at radius 3 is 2.53 bits per heavy atom. The molecule has 1 amide bonds. The van der Waals surface area contributed by atoms with Gasteiger partial charge < -0.3 is 24.6 Å². The van der Waals surface area contributed by atoms with E-state index in [4.69, 9.17) is 9.72 Å². The molecule has 1 aliphatic rings.